The number of hydrogen-bond donors (Lipinski definition) is 0. The van der Waals surface area contributed by atoms with Gasteiger partial charge in [0.2, 0.25) is 0 Å². The zero-order chi connectivity index (χ0) is 19.7. The maximum atomic E-state index is 13.1. The lowest BCUT2D eigenvalue weighted by molar-refractivity contribution is -0.0715. The highest BCUT2D eigenvalue weighted by atomic mass is 35.5. The third kappa shape index (κ3) is 4.40. The van der Waals surface area contributed by atoms with Crippen LogP contribution in [0.4, 0.5) is 0 Å². The van der Waals surface area contributed by atoms with Gasteiger partial charge in [-0.3, -0.25) is 9.69 Å². The summed E-state index contributed by atoms with van der Waals surface area (Å²) < 4.78 is 5.84. The molecule has 0 spiro atoms. The molecule has 7 heteroatoms. The monoisotopic (exact) mass is 419 g/mol. The second-order valence-electron chi connectivity index (χ2n) is 7.82. The Morgan fingerprint density at radius 2 is 1.96 bits per heavy atom. The molecule has 1 aromatic carbocycles. The first-order chi connectivity index (χ1) is 13.5. The molecule has 3 unspecified atom stereocenters. The summed E-state index contributed by atoms with van der Waals surface area (Å²) >= 11 is 7.47. The van der Waals surface area contributed by atoms with Crippen LogP contribution in [0.1, 0.15) is 37.2 Å². The van der Waals surface area contributed by atoms with Gasteiger partial charge in [0, 0.05) is 48.2 Å². The summed E-state index contributed by atoms with van der Waals surface area (Å²) in [4.78, 5) is 22.2. The summed E-state index contributed by atoms with van der Waals surface area (Å²) in [7, 11) is 0. The molecule has 0 saturated carbocycles. The Hall–Kier alpha value is -1.47. The Morgan fingerprint density at radius 3 is 2.68 bits per heavy atom. The third-order valence-electron chi connectivity index (χ3n) is 5.42. The number of thiazole rings is 1. The molecule has 3 heterocycles. The summed E-state index contributed by atoms with van der Waals surface area (Å²) in [6.07, 6.45) is 2.60. The summed E-state index contributed by atoms with van der Waals surface area (Å²) in [6, 6.07) is 7.83. The number of halogens is 1. The zero-order valence-corrected chi connectivity index (χ0v) is 17.9. The molecule has 0 aliphatic carbocycles. The molecule has 2 aliphatic rings. The van der Waals surface area contributed by atoms with Crippen LogP contribution < -0.4 is 0 Å². The minimum Gasteiger partial charge on any atom is -0.373 e. The van der Waals surface area contributed by atoms with Crippen LogP contribution in [-0.2, 0) is 4.74 Å². The van der Waals surface area contributed by atoms with Crippen LogP contribution in [0.25, 0.3) is 10.6 Å². The fourth-order valence-corrected chi connectivity index (χ4v) is 5.19. The molecule has 4 rings (SSSR count). The molecular weight excluding hydrogens is 394 g/mol. The Morgan fingerprint density at radius 1 is 1.25 bits per heavy atom. The quantitative estimate of drug-likeness (QED) is 0.745. The number of aromatic nitrogens is 1. The van der Waals surface area contributed by atoms with Crippen molar-refractivity contribution in [2.45, 2.75) is 44.9 Å². The van der Waals surface area contributed by atoms with Gasteiger partial charge in [-0.1, -0.05) is 23.7 Å². The summed E-state index contributed by atoms with van der Waals surface area (Å²) in [5.74, 6) is 0.0494. The van der Waals surface area contributed by atoms with Gasteiger partial charge in [-0.2, -0.15) is 0 Å². The van der Waals surface area contributed by atoms with Crippen LogP contribution in [0.2, 0.25) is 5.02 Å². The Balaban J connectivity index is 1.44. The van der Waals surface area contributed by atoms with Gasteiger partial charge >= 0.3 is 0 Å². The van der Waals surface area contributed by atoms with Crippen molar-refractivity contribution in [1.29, 1.82) is 0 Å². The fourth-order valence-electron chi connectivity index (χ4n) is 4.27. The molecule has 2 aromatic rings. The fraction of sp³-hybridized carbons (Fsp3) is 0.524. The minimum atomic E-state index is 0.0494. The SMILES string of the molecule is CC1CN(CC2CCCN2C(=O)c2csc(-c3ccc(Cl)cc3)n2)CC(C)O1. The molecule has 5 nitrogen and oxygen atoms in total. The number of ether oxygens (including phenoxy) is 1. The van der Waals surface area contributed by atoms with Crippen molar-refractivity contribution >= 4 is 28.8 Å². The number of carbonyl (C=O) groups is 1. The Bertz CT molecular complexity index is 815. The summed E-state index contributed by atoms with van der Waals surface area (Å²) in [6.45, 7) is 7.83. The molecule has 0 radical (unpaired) electrons. The van der Waals surface area contributed by atoms with E-state index in [-0.39, 0.29) is 24.2 Å². The van der Waals surface area contributed by atoms with Crippen molar-refractivity contribution in [3.63, 3.8) is 0 Å². The van der Waals surface area contributed by atoms with Gasteiger partial charge in [-0.25, -0.2) is 4.98 Å². The van der Waals surface area contributed by atoms with Crippen LogP contribution in [0.5, 0.6) is 0 Å². The first-order valence-corrected chi connectivity index (χ1v) is 11.2. The van der Waals surface area contributed by atoms with E-state index in [1.165, 1.54) is 11.3 Å². The van der Waals surface area contributed by atoms with Crippen molar-refractivity contribution < 1.29 is 9.53 Å². The number of morpholine rings is 1. The highest BCUT2D eigenvalue weighted by Crippen LogP contribution is 2.28. The van der Waals surface area contributed by atoms with Gasteiger partial charge in [-0.15, -0.1) is 11.3 Å². The molecule has 3 atom stereocenters. The number of benzene rings is 1. The molecule has 2 saturated heterocycles. The summed E-state index contributed by atoms with van der Waals surface area (Å²) in [5.41, 5.74) is 1.54. The van der Waals surface area contributed by atoms with E-state index in [0.29, 0.717) is 10.7 Å². The smallest absolute Gasteiger partial charge is 0.273 e. The van der Waals surface area contributed by atoms with E-state index in [1.807, 2.05) is 34.5 Å². The number of amides is 1. The van der Waals surface area contributed by atoms with Gasteiger partial charge in [0.25, 0.3) is 5.91 Å². The minimum absolute atomic E-state index is 0.0494. The average Bonchev–Trinajstić information content (AvgIpc) is 3.31. The summed E-state index contributed by atoms with van der Waals surface area (Å²) in [5, 5.41) is 3.43. The highest BCUT2D eigenvalue weighted by Gasteiger charge is 2.33. The highest BCUT2D eigenvalue weighted by molar-refractivity contribution is 7.13. The molecule has 0 bridgehead atoms. The van der Waals surface area contributed by atoms with E-state index < -0.39 is 0 Å². The molecule has 0 N–H and O–H groups in total. The molecule has 1 aromatic heterocycles. The van der Waals surface area contributed by atoms with Crippen LogP contribution in [0.3, 0.4) is 0 Å². The van der Waals surface area contributed by atoms with Crippen LogP contribution >= 0.6 is 22.9 Å². The molecule has 1 amide bonds. The normalized spacial score (nSPS) is 26.0. The van der Waals surface area contributed by atoms with Gasteiger partial charge in [-0.05, 0) is 38.8 Å². The molecule has 28 heavy (non-hydrogen) atoms. The van der Waals surface area contributed by atoms with E-state index in [1.54, 1.807) is 0 Å². The van der Waals surface area contributed by atoms with Crippen molar-refractivity contribution in [1.82, 2.24) is 14.8 Å². The number of carbonyl (C=O) groups excluding carboxylic acids is 1. The number of hydrogen-bond acceptors (Lipinski definition) is 5. The lowest BCUT2D eigenvalue weighted by atomic mass is 10.1. The van der Waals surface area contributed by atoms with Crippen molar-refractivity contribution in [3.05, 3.63) is 40.4 Å². The Labute approximate surface area is 175 Å². The van der Waals surface area contributed by atoms with Gasteiger partial charge in [0.05, 0.1) is 12.2 Å². The van der Waals surface area contributed by atoms with E-state index in [4.69, 9.17) is 16.3 Å². The molecule has 2 fully saturated rings. The molecule has 2 aliphatic heterocycles. The third-order valence-corrected chi connectivity index (χ3v) is 6.56. The first kappa shape index (κ1) is 19.8. The largest absolute Gasteiger partial charge is 0.373 e. The maximum absolute atomic E-state index is 13.1. The average molecular weight is 420 g/mol. The standard InChI is InChI=1S/C21H26ClN3O2S/c1-14-10-24(11-15(2)27-14)12-18-4-3-9-25(18)21(26)19-13-28-20(23-19)16-5-7-17(22)8-6-16/h5-8,13-15,18H,3-4,9-12H2,1-2H3. The van der Waals surface area contributed by atoms with Crippen molar-refractivity contribution in [2.24, 2.45) is 0 Å². The van der Waals surface area contributed by atoms with Crippen LogP contribution in [0.15, 0.2) is 29.6 Å². The zero-order valence-electron chi connectivity index (χ0n) is 16.3. The number of likely N-dealkylation sites (tertiary alicyclic amines) is 1. The number of rotatable bonds is 4. The predicted molar refractivity (Wildman–Crippen MR) is 113 cm³/mol. The second kappa shape index (κ2) is 8.49. The second-order valence-corrected chi connectivity index (χ2v) is 9.11. The van der Waals surface area contributed by atoms with E-state index in [9.17, 15) is 4.79 Å². The van der Waals surface area contributed by atoms with Crippen molar-refractivity contribution in [3.8, 4) is 10.6 Å². The Kier molecular flexibility index (Phi) is 6.01. The van der Waals surface area contributed by atoms with Gasteiger partial charge in [0.15, 0.2) is 0 Å². The van der Waals surface area contributed by atoms with Crippen molar-refractivity contribution in [2.75, 3.05) is 26.2 Å². The van der Waals surface area contributed by atoms with E-state index in [2.05, 4.69) is 23.7 Å². The topological polar surface area (TPSA) is 45.7 Å². The van der Waals surface area contributed by atoms with Gasteiger partial charge in [0.1, 0.15) is 10.7 Å². The van der Waals surface area contributed by atoms with E-state index >= 15 is 0 Å². The van der Waals surface area contributed by atoms with Crippen LogP contribution in [-0.4, -0.2) is 65.1 Å². The predicted octanol–water partition coefficient (Wildman–Crippen LogP) is 4.18. The van der Waals surface area contributed by atoms with Gasteiger partial charge < -0.3 is 9.64 Å². The lowest BCUT2D eigenvalue weighted by Gasteiger charge is -2.38. The molecular formula is C21H26ClN3O2S. The van der Waals surface area contributed by atoms with E-state index in [0.717, 1.165) is 49.6 Å². The molecule has 150 valence electrons. The maximum Gasteiger partial charge on any atom is 0.273 e. The van der Waals surface area contributed by atoms with Crippen LogP contribution in [0, 0.1) is 0 Å². The lowest BCUT2D eigenvalue weighted by Crippen LogP contribution is -2.51. The number of nitrogens with zero attached hydrogens (tertiary/aromatic N) is 3. The first-order valence-electron chi connectivity index (χ1n) is 9.90.